The Morgan fingerprint density at radius 1 is 0.920 bits per heavy atom. The normalized spacial score (nSPS) is 10.2. The number of aromatic nitrogens is 9. The van der Waals surface area contributed by atoms with Crippen molar-refractivity contribution in [3.63, 3.8) is 0 Å². The Morgan fingerprint density at radius 2 is 1.76 bits per heavy atom. The summed E-state index contributed by atoms with van der Waals surface area (Å²) in [5.74, 6) is 0.249. The summed E-state index contributed by atoms with van der Waals surface area (Å²) >= 11 is 0. The minimum atomic E-state index is -2.94. The van der Waals surface area contributed by atoms with Gasteiger partial charge in [0.25, 0.3) is 5.88 Å². The fourth-order valence-corrected chi connectivity index (χ4v) is 4.21. The number of anilines is 1. The largest absolute Gasteiger partial charge is 0.493 e. The van der Waals surface area contributed by atoms with Crippen LogP contribution in [-0.2, 0) is 15.2 Å². The Morgan fingerprint density at radius 3 is 2.44 bits per heavy atom. The second-order valence-corrected chi connectivity index (χ2v) is 10.2. The molecule has 6 aromatic rings. The van der Waals surface area contributed by atoms with Gasteiger partial charge in [0.05, 0.1) is 7.11 Å². The molecule has 0 radical (unpaired) electrons. The van der Waals surface area contributed by atoms with E-state index in [0.29, 0.717) is 22.8 Å². The van der Waals surface area contributed by atoms with Crippen LogP contribution in [0, 0.1) is 6.92 Å². The van der Waals surface area contributed by atoms with Crippen molar-refractivity contribution in [3.05, 3.63) is 97.1 Å². The lowest BCUT2D eigenvalue weighted by atomic mass is 10.2. The third kappa shape index (κ3) is 9.81. The zero-order valence-corrected chi connectivity index (χ0v) is 27.2. The molecule has 50 heavy (non-hydrogen) atoms. The van der Waals surface area contributed by atoms with Crippen LogP contribution in [-0.4, -0.2) is 80.4 Å². The number of aryl methyl sites for hydroxylation is 1. The molecule has 0 unspecified atom stereocenters. The molecule has 1 aromatic carbocycles. The molecule has 6 rings (SSSR count). The summed E-state index contributed by atoms with van der Waals surface area (Å²) in [6, 6.07) is 18.7. The van der Waals surface area contributed by atoms with Gasteiger partial charge >= 0.3 is 16.6 Å². The fraction of sp³-hybridized carbons (Fsp3) is 0.129. The molecule has 18 nitrogen and oxygen atoms in total. The number of nitrogens with one attached hydrogen (secondary N) is 2. The van der Waals surface area contributed by atoms with Crippen molar-refractivity contribution < 1.29 is 32.2 Å². The first-order valence-electron chi connectivity index (χ1n) is 14.5. The predicted octanol–water partition coefficient (Wildman–Crippen LogP) is 4.63. The van der Waals surface area contributed by atoms with Crippen LogP contribution in [0.5, 0.6) is 23.1 Å². The van der Waals surface area contributed by atoms with Gasteiger partial charge in [-0.3, -0.25) is 15.3 Å². The smallest absolute Gasteiger partial charge is 0.412 e. The molecule has 19 heteroatoms. The number of ether oxygens (including phenoxy) is 4. The van der Waals surface area contributed by atoms with Crippen LogP contribution in [0.1, 0.15) is 5.56 Å². The van der Waals surface area contributed by atoms with Crippen LogP contribution in [0.4, 0.5) is 16.4 Å². The number of hydrogen-bond acceptors (Lipinski definition) is 16. The van der Waals surface area contributed by atoms with Crippen LogP contribution in [0.2, 0.25) is 0 Å². The summed E-state index contributed by atoms with van der Waals surface area (Å²) in [6.07, 6.45) is 5.81. The molecule has 2 N–H and O–H groups in total. The number of hydrogen-bond donors (Lipinski definition) is 2. The Hall–Kier alpha value is -6.89. The lowest BCUT2D eigenvalue weighted by Crippen LogP contribution is -2.18. The minimum absolute atomic E-state index is 0.00698. The first kappa shape index (κ1) is 34.4. The van der Waals surface area contributed by atoms with Gasteiger partial charge in [0.2, 0.25) is 17.4 Å². The zero-order chi connectivity index (χ0) is 35.1. The van der Waals surface area contributed by atoms with Gasteiger partial charge in [0, 0.05) is 30.4 Å². The maximum Gasteiger partial charge on any atom is 0.412 e. The monoisotopic (exact) mass is 697 g/mol. The second-order valence-electron chi connectivity index (χ2n) is 9.59. The number of para-hydroxylation sites is 2. The summed E-state index contributed by atoms with van der Waals surface area (Å²) in [5.41, 5.74) is 1.94. The minimum Gasteiger partial charge on any atom is -0.493 e. The van der Waals surface area contributed by atoms with Crippen molar-refractivity contribution in [2.45, 2.75) is 6.92 Å². The van der Waals surface area contributed by atoms with E-state index in [0.717, 1.165) is 0 Å². The van der Waals surface area contributed by atoms with E-state index in [9.17, 15) is 13.2 Å². The van der Waals surface area contributed by atoms with E-state index in [4.69, 9.17) is 18.9 Å². The van der Waals surface area contributed by atoms with Gasteiger partial charge in [0.1, 0.15) is 24.7 Å². The standard InChI is InChI=1S/C25H20N10O7S.C6H7N/c1-39-17-6-2-3-7-18(17)42-20-23(33-43(37)38)29-21(15-9-11-26-16(14-15)22-31-34-35-32-22)30-24(20)40-12-13-41-25(36)28-19-8-4-5-10-27-19;1-6-3-2-4-7-5-6/h2-11,14H,12-13H2,1H3,(H,27,28,36)(H,31,32,34,35);2-5H,1H3. The average Bonchev–Trinajstić information content (AvgIpc) is 3.68. The number of tetrazole rings is 1. The van der Waals surface area contributed by atoms with Gasteiger partial charge in [-0.25, -0.2) is 14.8 Å². The van der Waals surface area contributed by atoms with Crippen molar-refractivity contribution >= 4 is 28.2 Å². The highest BCUT2D eigenvalue weighted by atomic mass is 32.2. The lowest BCUT2D eigenvalue weighted by Gasteiger charge is -2.15. The van der Waals surface area contributed by atoms with Crippen molar-refractivity contribution in [2.75, 3.05) is 25.6 Å². The number of aromatic amines is 1. The van der Waals surface area contributed by atoms with Crippen LogP contribution in [0.25, 0.3) is 22.9 Å². The molecule has 0 spiro atoms. The molecular formula is C31H27N11O7S. The summed E-state index contributed by atoms with van der Waals surface area (Å²) in [7, 11) is -1.50. The molecule has 0 aliphatic rings. The third-order valence-corrected chi connectivity index (χ3v) is 6.43. The van der Waals surface area contributed by atoms with E-state index in [-0.39, 0.29) is 48.1 Å². The maximum absolute atomic E-state index is 12.1. The van der Waals surface area contributed by atoms with E-state index in [1.807, 2.05) is 25.3 Å². The molecule has 1 amide bonds. The number of benzene rings is 1. The summed E-state index contributed by atoms with van der Waals surface area (Å²) in [6.45, 7) is 1.59. The van der Waals surface area contributed by atoms with E-state index >= 15 is 0 Å². The quantitative estimate of drug-likeness (QED) is 0.176. The Labute approximate surface area is 285 Å². The number of methoxy groups -OCH3 is 1. The highest BCUT2D eigenvalue weighted by Gasteiger charge is 2.22. The van der Waals surface area contributed by atoms with Crippen molar-refractivity contribution in [1.82, 2.24) is 45.5 Å². The highest BCUT2D eigenvalue weighted by Crippen LogP contribution is 2.42. The molecule has 0 saturated heterocycles. The van der Waals surface area contributed by atoms with Gasteiger partial charge in [0.15, 0.2) is 17.3 Å². The van der Waals surface area contributed by atoms with Crippen LogP contribution in [0.3, 0.4) is 0 Å². The number of amides is 1. The first-order chi connectivity index (χ1) is 24.4. The second kappa shape index (κ2) is 17.3. The maximum atomic E-state index is 12.1. The Bertz CT molecular complexity index is 2150. The summed E-state index contributed by atoms with van der Waals surface area (Å²) in [4.78, 5) is 33.0. The molecule has 0 atom stereocenters. The van der Waals surface area contributed by atoms with Crippen LogP contribution >= 0.6 is 0 Å². The van der Waals surface area contributed by atoms with Gasteiger partial charge in [-0.05, 0) is 60.2 Å². The number of H-pyrrole nitrogens is 1. The van der Waals surface area contributed by atoms with E-state index in [2.05, 4.69) is 55.2 Å². The van der Waals surface area contributed by atoms with E-state index in [1.165, 1.54) is 25.1 Å². The van der Waals surface area contributed by atoms with Gasteiger partial charge in [-0.15, -0.1) is 14.6 Å². The van der Waals surface area contributed by atoms with E-state index < -0.39 is 16.6 Å². The molecule has 5 aromatic heterocycles. The number of carbonyl (C=O) groups is 1. The predicted molar refractivity (Wildman–Crippen MR) is 176 cm³/mol. The molecule has 254 valence electrons. The molecule has 0 saturated carbocycles. The molecule has 5 heterocycles. The number of nitrogens with zero attached hydrogens (tertiary/aromatic N) is 9. The molecule has 0 fully saturated rings. The van der Waals surface area contributed by atoms with Crippen LogP contribution < -0.4 is 19.5 Å². The van der Waals surface area contributed by atoms with E-state index in [1.54, 1.807) is 60.8 Å². The average molecular weight is 698 g/mol. The summed E-state index contributed by atoms with van der Waals surface area (Å²) in [5, 5.41) is 16.2. The lowest BCUT2D eigenvalue weighted by molar-refractivity contribution is 0.135. The van der Waals surface area contributed by atoms with Gasteiger partial charge in [-0.2, -0.15) is 18.6 Å². The molecular weight excluding hydrogens is 670 g/mol. The van der Waals surface area contributed by atoms with Crippen molar-refractivity contribution in [2.24, 2.45) is 4.36 Å². The fourth-order valence-electron chi connectivity index (χ4n) is 3.94. The Balaban J connectivity index is 0.000000619. The van der Waals surface area contributed by atoms with Crippen molar-refractivity contribution in [3.8, 4) is 46.0 Å². The number of pyridine rings is 3. The van der Waals surface area contributed by atoms with Gasteiger partial charge < -0.3 is 18.9 Å². The number of rotatable bonds is 11. The van der Waals surface area contributed by atoms with Crippen LogP contribution in [0.15, 0.2) is 95.9 Å². The molecule has 0 aliphatic heterocycles. The first-order valence-corrected chi connectivity index (χ1v) is 15.5. The molecule has 0 bridgehead atoms. The SMILES string of the molecule is COc1ccccc1Oc1c(N=S(=O)=O)nc(-c2ccnc(-c3nn[nH]n3)c2)nc1OCCOC(=O)Nc1ccccn1.Cc1cccnc1. The highest BCUT2D eigenvalue weighted by molar-refractivity contribution is 7.61. The number of carbonyl (C=O) groups excluding carboxylic acids is 1. The zero-order valence-electron chi connectivity index (χ0n) is 26.4. The van der Waals surface area contributed by atoms with Gasteiger partial charge in [-0.1, -0.05) is 24.3 Å². The topological polar surface area (TPSA) is 231 Å². The molecule has 0 aliphatic carbocycles. The third-order valence-electron chi connectivity index (χ3n) is 6.11. The summed E-state index contributed by atoms with van der Waals surface area (Å²) < 4.78 is 49.3. The van der Waals surface area contributed by atoms with Crippen molar-refractivity contribution in [1.29, 1.82) is 0 Å². The Kier molecular flexibility index (Phi) is 11.9.